The van der Waals surface area contributed by atoms with Gasteiger partial charge in [0.2, 0.25) is 0 Å². The topological polar surface area (TPSA) is 33.5 Å². The molecule has 1 aromatic carbocycles. The Bertz CT molecular complexity index is 709. The first-order valence-electron chi connectivity index (χ1n) is 7.71. The van der Waals surface area contributed by atoms with Crippen LogP contribution in [0.2, 0.25) is 0 Å². The van der Waals surface area contributed by atoms with Gasteiger partial charge in [-0.2, -0.15) is 13.2 Å². The zero-order valence-corrected chi connectivity index (χ0v) is 14.0. The van der Waals surface area contributed by atoms with E-state index in [0.717, 1.165) is 12.1 Å². The molecule has 130 valence electrons. The second-order valence-electron chi connectivity index (χ2n) is 6.14. The van der Waals surface area contributed by atoms with Crippen LogP contribution in [0, 0.1) is 0 Å². The maximum Gasteiger partial charge on any atom is 0.416 e. The highest BCUT2D eigenvalue weighted by atomic mass is 19.4. The van der Waals surface area contributed by atoms with Crippen LogP contribution < -0.4 is 0 Å². The molecular weight excluding hydrogens is 319 g/mol. The number of furan rings is 1. The molecule has 24 heavy (non-hydrogen) atoms. The summed E-state index contributed by atoms with van der Waals surface area (Å²) < 4.78 is 43.9. The molecule has 0 unspecified atom stereocenters. The van der Waals surface area contributed by atoms with Crippen molar-refractivity contribution in [1.29, 1.82) is 0 Å². The summed E-state index contributed by atoms with van der Waals surface area (Å²) in [5, 5.41) is 0. The minimum Gasteiger partial charge on any atom is -0.451 e. The third-order valence-electron chi connectivity index (χ3n) is 3.64. The molecule has 0 aliphatic carbocycles. The number of nitrogens with zero attached hydrogens (tertiary/aromatic N) is 1. The number of hydrogen-bond donors (Lipinski definition) is 0. The Balaban J connectivity index is 2.33. The number of hydrogen-bond acceptors (Lipinski definition) is 2. The number of amides is 1. The first-order valence-corrected chi connectivity index (χ1v) is 7.71. The Morgan fingerprint density at radius 2 is 1.67 bits per heavy atom. The molecule has 0 aliphatic heterocycles. The van der Waals surface area contributed by atoms with E-state index in [2.05, 4.69) is 0 Å². The second-order valence-corrected chi connectivity index (χ2v) is 6.14. The lowest BCUT2D eigenvalue weighted by molar-refractivity contribution is -0.137. The van der Waals surface area contributed by atoms with Crippen molar-refractivity contribution in [2.75, 3.05) is 0 Å². The van der Waals surface area contributed by atoms with Gasteiger partial charge in [-0.25, -0.2) is 0 Å². The van der Waals surface area contributed by atoms with E-state index in [1.54, 1.807) is 4.90 Å². The molecule has 0 radical (unpaired) electrons. The monoisotopic (exact) mass is 339 g/mol. The van der Waals surface area contributed by atoms with E-state index in [9.17, 15) is 18.0 Å². The molecule has 0 bridgehead atoms. The summed E-state index contributed by atoms with van der Waals surface area (Å²) in [5.41, 5.74) is -0.472. The van der Waals surface area contributed by atoms with Gasteiger partial charge in [0.05, 0.1) is 5.56 Å². The number of benzene rings is 1. The molecule has 0 aliphatic rings. The summed E-state index contributed by atoms with van der Waals surface area (Å²) in [4.78, 5) is 14.2. The Morgan fingerprint density at radius 3 is 2.21 bits per heavy atom. The highest BCUT2D eigenvalue weighted by Crippen LogP contribution is 2.32. The fraction of sp³-hybridized carbons (Fsp3) is 0.389. The zero-order valence-electron chi connectivity index (χ0n) is 14.0. The fourth-order valence-electron chi connectivity index (χ4n) is 2.65. The third kappa shape index (κ3) is 3.80. The number of rotatable bonds is 4. The molecule has 6 heteroatoms. The second kappa shape index (κ2) is 6.71. The third-order valence-corrected chi connectivity index (χ3v) is 3.64. The lowest BCUT2D eigenvalue weighted by atomic mass is 10.1. The van der Waals surface area contributed by atoms with Crippen molar-refractivity contribution in [1.82, 2.24) is 4.90 Å². The van der Waals surface area contributed by atoms with Crippen LogP contribution in [-0.4, -0.2) is 22.9 Å². The molecule has 0 N–H and O–H groups in total. The number of carbonyl (C=O) groups excluding carboxylic acids is 1. The number of alkyl halides is 3. The molecule has 0 saturated carbocycles. The first-order chi connectivity index (χ1) is 11.1. The molecule has 1 aromatic heterocycles. The predicted octanol–water partition coefficient (Wildman–Crippen LogP) is 5.22. The largest absolute Gasteiger partial charge is 0.451 e. The average Bonchev–Trinajstić information content (AvgIpc) is 2.95. The number of halogens is 3. The molecule has 2 aromatic rings. The van der Waals surface area contributed by atoms with Gasteiger partial charge < -0.3 is 9.32 Å². The molecule has 1 amide bonds. The SMILES string of the molecule is CC(C)N(C(=O)c1ccc(-c2cccc(C(F)(F)F)c2)o1)C(C)C. The van der Waals surface area contributed by atoms with Crippen LogP contribution in [0.1, 0.15) is 43.8 Å². The molecule has 3 nitrogen and oxygen atoms in total. The maximum atomic E-state index is 12.8. The minimum atomic E-state index is -4.42. The van der Waals surface area contributed by atoms with E-state index in [1.165, 1.54) is 24.3 Å². The van der Waals surface area contributed by atoms with E-state index in [1.807, 2.05) is 27.7 Å². The number of carbonyl (C=O) groups is 1. The minimum absolute atomic E-state index is 0.0143. The van der Waals surface area contributed by atoms with Crippen LogP contribution in [0.4, 0.5) is 13.2 Å². The molecule has 0 saturated heterocycles. The van der Waals surface area contributed by atoms with E-state index < -0.39 is 11.7 Å². The van der Waals surface area contributed by atoms with Crippen molar-refractivity contribution < 1.29 is 22.4 Å². The maximum absolute atomic E-state index is 12.8. The summed E-state index contributed by atoms with van der Waals surface area (Å²) in [6.07, 6.45) is -4.42. The van der Waals surface area contributed by atoms with E-state index >= 15 is 0 Å². The first kappa shape index (κ1) is 18.1. The van der Waals surface area contributed by atoms with Gasteiger partial charge in [-0.05, 0) is 52.0 Å². The standard InChI is InChI=1S/C18H20F3NO2/c1-11(2)22(12(3)4)17(23)16-9-8-15(24-16)13-6-5-7-14(10-13)18(19,20)21/h5-12H,1-4H3. The Morgan fingerprint density at radius 1 is 1.04 bits per heavy atom. The highest BCUT2D eigenvalue weighted by molar-refractivity contribution is 5.92. The van der Waals surface area contributed by atoms with Crippen molar-refractivity contribution in [3.05, 3.63) is 47.7 Å². The van der Waals surface area contributed by atoms with Crippen LogP contribution in [0.3, 0.4) is 0 Å². The van der Waals surface area contributed by atoms with Gasteiger partial charge in [0.1, 0.15) is 5.76 Å². The highest BCUT2D eigenvalue weighted by Gasteiger charge is 2.31. The molecule has 2 rings (SSSR count). The lowest BCUT2D eigenvalue weighted by Gasteiger charge is -2.29. The van der Waals surface area contributed by atoms with Crippen LogP contribution in [0.15, 0.2) is 40.8 Å². The van der Waals surface area contributed by atoms with Gasteiger partial charge in [0, 0.05) is 17.6 Å². The van der Waals surface area contributed by atoms with E-state index in [-0.39, 0.29) is 35.1 Å². The Labute approximate surface area is 139 Å². The van der Waals surface area contributed by atoms with Crippen LogP contribution >= 0.6 is 0 Å². The summed E-state index contributed by atoms with van der Waals surface area (Å²) in [7, 11) is 0. The Kier molecular flexibility index (Phi) is 5.06. The average molecular weight is 339 g/mol. The molecule has 0 atom stereocenters. The molecule has 0 spiro atoms. The zero-order chi connectivity index (χ0) is 18.1. The van der Waals surface area contributed by atoms with E-state index in [4.69, 9.17) is 4.42 Å². The quantitative estimate of drug-likeness (QED) is 0.765. The molecular formula is C18H20F3NO2. The van der Waals surface area contributed by atoms with Gasteiger partial charge in [0.15, 0.2) is 5.76 Å². The van der Waals surface area contributed by atoms with Crippen molar-refractivity contribution in [3.8, 4) is 11.3 Å². The summed E-state index contributed by atoms with van der Waals surface area (Å²) >= 11 is 0. The van der Waals surface area contributed by atoms with Crippen molar-refractivity contribution in [3.63, 3.8) is 0 Å². The summed E-state index contributed by atoms with van der Waals surface area (Å²) in [6, 6.07) is 7.83. The van der Waals surface area contributed by atoms with Crippen LogP contribution in [-0.2, 0) is 6.18 Å². The smallest absolute Gasteiger partial charge is 0.416 e. The van der Waals surface area contributed by atoms with Gasteiger partial charge in [-0.3, -0.25) is 4.79 Å². The van der Waals surface area contributed by atoms with Gasteiger partial charge in [-0.1, -0.05) is 12.1 Å². The molecule has 1 heterocycles. The predicted molar refractivity (Wildman–Crippen MR) is 85.6 cm³/mol. The van der Waals surface area contributed by atoms with Gasteiger partial charge in [-0.15, -0.1) is 0 Å². The van der Waals surface area contributed by atoms with Crippen molar-refractivity contribution >= 4 is 5.91 Å². The normalized spacial score (nSPS) is 12.0. The van der Waals surface area contributed by atoms with Crippen LogP contribution in [0.5, 0.6) is 0 Å². The Hall–Kier alpha value is -2.24. The lowest BCUT2D eigenvalue weighted by Crippen LogP contribution is -2.41. The van der Waals surface area contributed by atoms with Crippen molar-refractivity contribution in [2.24, 2.45) is 0 Å². The fourth-order valence-corrected chi connectivity index (χ4v) is 2.65. The van der Waals surface area contributed by atoms with Gasteiger partial charge in [0.25, 0.3) is 5.91 Å². The molecule has 0 fully saturated rings. The summed E-state index contributed by atoms with van der Waals surface area (Å²) in [6.45, 7) is 7.59. The van der Waals surface area contributed by atoms with Gasteiger partial charge >= 0.3 is 6.18 Å². The van der Waals surface area contributed by atoms with E-state index in [0.29, 0.717) is 0 Å². The van der Waals surface area contributed by atoms with Crippen molar-refractivity contribution in [2.45, 2.75) is 46.0 Å². The summed E-state index contributed by atoms with van der Waals surface area (Å²) in [5.74, 6) is 0.0694. The van der Waals surface area contributed by atoms with Crippen LogP contribution in [0.25, 0.3) is 11.3 Å².